The van der Waals surface area contributed by atoms with Crippen molar-refractivity contribution < 1.29 is 4.79 Å². The summed E-state index contributed by atoms with van der Waals surface area (Å²) in [4.78, 5) is 14.4. The van der Waals surface area contributed by atoms with E-state index in [-0.39, 0.29) is 5.91 Å². The highest BCUT2D eigenvalue weighted by Crippen LogP contribution is 2.20. The minimum absolute atomic E-state index is 0.208. The number of benzene rings is 2. The standard InChI is InChI=1S/C19H22BrNO/c1-3-21(14-17-13-15(2)9-11-18(17)20)19(22)12-10-16-7-5-4-6-8-16/h4-9,11,13H,3,10,12,14H2,1-2H3. The lowest BCUT2D eigenvalue weighted by Crippen LogP contribution is -2.30. The van der Waals surface area contributed by atoms with Gasteiger partial charge in [-0.2, -0.15) is 0 Å². The second-order valence-electron chi connectivity index (χ2n) is 5.49. The number of carbonyl (C=O) groups is 1. The second kappa shape index (κ2) is 8.14. The van der Waals surface area contributed by atoms with Crippen molar-refractivity contribution >= 4 is 21.8 Å². The average molecular weight is 360 g/mol. The Morgan fingerprint density at radius 2 is 1.86 bits per heavy atom. The van der Waals surface area contributed by atoms with Gasteiger partial charge in [-0.1, -0.05) is 64.0 Å². The van der Waals surface area contributed by atoms with Gasteiger partial charge in [0.1, 0.15) is 0 Å². The molecule has 0 radical (unpaired) electrons. The van der Waals surface area contributed by atoms with Gasteiger partial charge >= 0.3 is 0 Å². The lowest BCUT2D eigenvalue weighted by atomic mass is 10.1. The van der Waals surface area contributed by atoms with Crippen LogP contribution in [0.2, 0.25) is 0 Å². The van der Waals surface area contributed by atoms with Crippen molar-refractivity contribution in [3.05, 3.63) is 69.7 Å². The van der Waals surface area contributed by atoms with Gasteiger partial charge in [0, 0.05) is 24.0 Å². The number of amides is 1. The molecule has 22 heavy (non-hydrogen) atoms. The van der Waals surface area contributed by atoms with Crippen LogP contribution in [0.3, 0.4) is 0 Å². The van der Waals surface area contributed by atoms with Crippen LogP contribution < -0.4 is 0 Å². The van der Waals surface area contributed by atoms with Crippen LogP contribution in [0.1, 0.15) is 30.0 Å². The molecule has 116 valence electrons. The van der Waals surface area contributed by atoms with Gasteiger partial charge in [-0.3, -0.25) is 4.79 Å². The molecule has 2 aromatic carbocycles. The quantitative estimate of drug-likeness (QED) is 0.729. The van der Waals surface area contributed by atoms with Crippen molar-refractivity contribution in [1.29, 1.82) is 0 Å². The first-order valence-corrected chi connectivity index (χ1v) is 8.46. The van der Waals surface area contributed by atoms with Crippen LogP contribution in [0, 0.1) is 6.92 Å². The van der Waals surface area contributed by atoms with Crippen molar-refractivity contribution in [2.75, 3.05) is 6.54 Å². The molecule has 0 spiro atoms. The molecule has 0 heterocycles. The smallest absolute Gasteiger partial charge is 0.223 e. The number of hydrogen-bond donors (Lipinski definition) is 0. The second-order valence-corrected chi connectivity index (χ2v) is 6.34. The van der Waals surface area contributed by atoms with Gasteiger partial charge in [-0.05, 0) is 37.5 Å². The van der Waals surface area contributed by atoms with Gasteiger partial charge < -0.3 is 4.90 Å². The zero-order chi connectivity index (χ0) is 15.9. The van der Waals surface area contributed by atoms with E-state index >= 15 is 0 Å². The number of aryl methyl sites for hydroxylation is 2. The van der Waals surface area contributed by atoms with E-state index < -0.39 is 0 Å². The van der Waals surface area contributed by atoms with E-state index in [1.807, 2.05) is 36.1 Å². The molecule has 2 nitrogen and oxygen atoms in total. The molecule has 0 aliphatic heterocycles. The lowest BCUT2D eigenvalue weighted by Gasteiger charge is -2.22. The summed E-state index contributed by atoms with van der Waals surface area (Å²) in [5.41, 5.74) is 3.59. The molecule has 0 aliphatic carbocycles. The van der Waals surface area contributed by atoms with Gasteiger partial charge in [0.2, 0.25) is 5.91 Å². The molecule has 3 heteroatoms. The Hall–Kier alpha value is -1.61. The number of rotatable bonds is 6. The van der Waals surface area contributed by atoms with Crippen molar-refractivity contribution in [2.45, 2.75) is 33.2 Å². The minimum Gasteiger partial charge on any atom is -0.339 e. The summed E-state index contributed by atoms with van der Waals surface area (Å²) in [6, 6.07) is 16.4. The number of hydrogen-bond acceptors (Lipinski definition) is 1. The third-order valence-electron chi connectivity index (χ3n) is 3.77. The van der Waals surface area contributed by atoms with Gasteiger partial charge in [0.25, 0.3) is 0 Å². The fourth-order valence-electron chi connectivity index (χ4n) is 2.46. The molecule has 2 aromatic rings. The Kier molecular flexibility index (Phi) is 6.20. The van der Waals surface area contributed by atoms with Crippen LogP contribution in [-0.2, 0) is 17.8 Å². The minimum atomic E-state index is 0.208. The molecule has 2 rings (SSSR count). The Balaban J connectivity index is 1.98. The summed E-state index contributed by atoms with van der Waals surface area (Å²) in [7, 11) is 0. The molecule has 0 bridgehead atoms. The Bertz CT molecular complexity index is 625. The fraction of sp³-hybridized carbons (Fsp3) is 0.316. The van der Waals surface area contributed by atoms with E-state index in [1.165, 1.54) is 11.1 Å². The van der Waals surface area contributed by atoms with Crippen LogP contribution in [0.25, 0.3) is 0 Å². The molecule has 0 atom stereocenters. The summed E-state index contributed by atoms with van der Waals surface area (Å²) in [6.45, 7) is 5.49. The number of carbonyl (C=O) groups excluding carboxylic acids is 1. The molecular formula is C19H22BrNO. The Morgan fingerprint density at radius 3 is 2.55 bits per heavy atom. The predicted molar refractivity (Wildman–Crippen MR) is 94.7 cm³/mol. The van der Waals surface area contributed by atoms with Gasteiger partial charge in [-0.15, -0.1) is 0 Å². The highest BCUT2D eigenvalue weighted by molar-refractivity contribution is 9.10. The van der Waals surface area contributed by atoms with Crippen molar-refractivity contribution in [1.82, 2.24) is 4.90 Å². The first-order chi connectivity index (χ1) is 10.6. The van der Waals surface area contributed by atoms with E-state index in [1.54, 1.807) is 0 Å². The summed E-state index contributed by atoms with van der Waals surface area (Å²) in [5.74, 6) is 0.208. The lowest BCUT2D eigenvalue weighted by molar-refractivity contribution is -0.131. The normalized spacial score (nSPS) is 10.5. The predicted octanol–water partition coefficient (Wildman–Crippen LogP) is 4.74. The molecule has 0 unspecified atom stereocenters. The monoisotopic (exact) mass is 359 g/mol. The molecule has 1 amide bonds. The molecule has 0 aliphatic rings. The first-order valence-electron chi connectivity index (χ1n) is 7.67. The van der Waals surface area contributed by atoms with E-state index in [0.717, 1.165) is 23.0 Å². The zero-order valence-corrected chi connectivity index (χ0v) is 14.8. The van der Waals surface area contributed by atoms with E-state index in [9.17, 15) is 4.79 Å². The third-order valence-corrected chi connectivity index (χ3v) is 4.54. The van der Waals surface area contributed by atoms with Crippen LogP contribution in [-0.4, -0.2) is 17.4 Å². The topological polar surface area (TPSA) is 20.3 Å². The van der Waals surface area contributed by atoms with Crippen molar-refractivity contribution in [3.8, 4) is 0 Å². The SMILES string of the molecule is CCN(Cc1cc(C)ccc1Br)C(=O)CCc1ccccc1. The maximum Gasteiger partial charge on any atom is 0.223 e. The molecule has 0 N–H and O–H groups in total. The van der Waals surface area contributed by atoms with E-state index in [2.05, 4.69) is 47.1 Å². The van der Waals surface area contributed by atoms with Crippen LogP contribution in [0.5, 0.6) is 0 Å². The van der Waals surface area contributed by atoms with Crippen LogP contribution in [0.15, 0.2) is 53.0 Å². The van der Waals surface area contributed by atoms with Gasteiger partial charge in [-0.25, -0.2) is 0 Å². The maximum atomic E-state index is 12.5. The van der Waals surface area contributed by atoms with E-state index in [0.29, 0.717) is 13.0 Å². The molecule has 0 fully saturated rings. The summed E-state index contributed by atoms with van der Waals surface area (Å²) < 4.78 is 1.06. The van der Waals surface area contributed by atoms with Crippen molar-refractivity contribution in [3.63, 3.8) is 0 Å². The van der Waals surface area contributed by atoms with Gasteiger partial charge in [0.15, 0.2) is 0 Å². The van der Waals surface area contributed by atoms with Crippen molar-refractivity contribution in [2.24, 2.45) is 0 Å². The van der Waals surface area contributed by atoms with Gasteiger partial charge in [0.05, 0.1) is 0 Å². The number of halogens is 1. The van der Waals surface area contributed by atoms with Crippen LogP contribution >= 0.6 is 15.9 Å². The number of nitrogens with zero attached hydrogens (tertiary/aromatic N) is 1. The third kappa shape index (κ3) is 4.70. The highest BCUT2D eigenvalue weighted by Gasteiger charge is 2.13. The molecule has 0 saturated heterocycles. The Morgan fingerprint density at radius 1 is 1.14 bits per heavy atom. The summed E-state index contributed by atoms with van der Waals surface area (Å²) in [6.07, 6.45) is 1.35. The molecule has 0 aromatic heterocycles. The molecule has 0 saturated carbocycles. The largest absolute Gasteiger partial charge is 0.339 e. The fourth-order valence-corrected chi connectivity index (χ4v) is 2.83. The summed E-state index contributed by atoms with van der Waals surface area (Å²) in [5, 5.41) is 0. The average Bonchev–Trinajstić information content (AvgIpc) is 2.54. The highest BCUT2D eigenvalue weighted by atomic mass is 79.9. The first kappa shape index (κ1) is 16.8. The molecular weight excluding hydrogens is 338 g/mol. The van der Waals surface area contributed by atoms with E-state index in [4.69, 9.17) is 0 Å². The van der Waals surface area contributed by atoms with Crippen LogP contribution in [0.4, 0.5) is 0 Å². The maximum absolute atomic E-state index is 12.5. The Labute approximate surface area is 141 Å². The summed E-state index contributed by atoms with van der Waals surface area (Å²) >= 11 is 3.57. The zero-order valence-electron chi connectivity index (χ0n) is 13.2.